The number of phosphoric ester groups is 3. The van der Waals surface area contributed by atoms with Gasteiger partial charge in [0.05, 0.1) is 244 Å². The fourth-order valence-corrected chi connectivity index (χ4v) is 8.51. The van der Waals surface area contributed by atoms with Gasteiger partial charge in [-0.05, 0) is 19.1 Å². The zero-order valence-corrected chi connectivity index (χ0v) is 53.4. The Balaban J connectivity index is 3.38. The lowest BCUT2D eigenvalue weighted by Gasteiger charge is -2.22. The molecule has 37 heteroatoms. The third-order valence-corrected chi connectivity index (χ3v) is 13.9. The van der Waals surface area contributed by atoms with Crippen LogP contribution in [0.4, 0.5) is 0 Å². The van der Waals surface area contributed by atoms with E-state index in [4.69, 9.17) is 98.2 Å². The first-order chi connectivity index (χ1) is 40.6. The highest BCUT2D eigenvalue weighted by molar-refractivity contribution is 7.98. The Labute approximate surface area is 499 Å². The quantitative estimate of drug-likeness (QED) is 0.0633. The lowest BCUT2D eigenvalue weighted by molar-refractivity contribution is -0.228. The van der Waals surface area contributed by atoms with Gasteiger partial charge >= 0.3 is 7.82 Å². The van der Waals surface area contributed by atoms with Crippen LogP contribution in [-0.2, 0) is 126 Å². The van der Waals surface area contributed by atoms with Gasteiger partial charge in [0.25, 0.3) is 15.6 Å². The summed E-state index contributed by atoms with van der Waals surface area (Å²) in [5.41, 5.74) is 0. The largest absolute Gasteiger partial charge is 0.779 e. The number of amides is 1. The van der Waals surface area contributed by atoms with Crippen LogP contribution in [0.25, 0.3) is 0 Å². The zero-order chi connectivity index (χ0) is 61.7. The third kappa shape index (κ3) is 69.2. The Morgan fingerprint density at radius 3 is 0.833 bits per heavy atom. The maximum absolute atomic E-state index is 12.0. The number of carbonyl (C=O) groups is 1. The molecule has 32 nitrogen and oxygen atoms in total. The second-order valence-electron chi connectivity index (χ2n) is 16.7. The lowest BCUT2D eigenvalue weighted by atomic mass is 10.2. The Hall–Kier alpha value is -0.300. The van der Waals surface area contributed by atoms with Crippen LogP contribution in [0.2, 0.25) is 0 Å². The monoisotopic (exact) mass is 1330 g/mol. The normalized spacial score (nSPS) is 14.8. The highest BCUT2D eigenvalue weighted by Crippen LogP contribution is 2.43. The van der Waals surface area contributed by atoms with E-state index in [1.54, 1.807) is 11.8 Å². The van der Waals surface area contributed by atoms with Crippen molar-refractivity contribution in [2.24, 2.45) is 0 Å². The minimum absolute atomic E-state index is 0.00199. The summed E-state index contributed by atoms with van der Waals surface area (Å²) in [4.78, 5) is 56.0. The number of carbonyl (C=O) groups excluding carboxylic acids is 1. The molecule has 0 aliphatic carbocycles. The molecule has 1 amide bonds. The van der Waals surface area contributed by atoms with Gasteiger partial charge in [-0.15, -0.1) is 0 Å². The van der Waals surface area contributed by atoms with Gasteiger partial charge < -0.3 is 123 Å². The summed E-state index contributed by atoms with van der Waals surface area (Å²) in [6.45, 7) is 7.98. The van der Waals surface area contributed by atoms with E-state index >= 15 is 0 Å². The minimum atomic E-state index is -4.53. The maximum Gasteiger partial charge on any atom is 0.472 e. The van der Waals surface area contributed by atoms with Crippen molar-refractivity contribution in [2.45, 2.75) is 32.1 Å². The van der Waals surface area contributed by atoms with Gasteiger partial charge in [0.1, 0.15) is 7.60 Å². The molecule has 0 aromatic carbocycles. The van der Waals surface area contributed by atoms with Crippen LogP contribution in [0.3, 0.4) is 0 Å². The van der Waals surface area contributed by atoms with Crippen molar-refractivity contribution in [3.8, 4) is 0 Å². The zero-order valence-electron chi connectivity index (χ0n) is 49.0. The van der Waals surface area contributed by atoms with E-state index in [2.05, 4.69) is 9.84 Å². The van der Waals surface area contributed by atoms with Gasteiger partial charge in [-0.2, -0.15) is 11.8 Å². The highest BCUT2D eigenvalue weighted by atomic mass is 32.2. The van der Waals surface area contributed by atoms with Crippen molar-refractivity contribution in [3.63, 3.8) is 0 Å². The SMILES string of the molecule is CSCCC(=O)NCCCCCCOP(=O)(O)OCCOCCOCCOCCOCCOCCOP(=O)([O-])OCCOCCOCCOCCOCCOCCOP(=O)([O-])OCCOCCOCCOCCOCCOCCOP(C)(=O)[O-]. The van der Waals surface area contributed by atoms with Crippen molar-refractivity contribution in [3.05, 3.63) is 0 Å². The molecule has 0 aliphatic rings. The number of thioether (sulfide) groups is 1. The topological polar surface area (TPSA) is 390 Å². The number of ether oxygens (including phenoxy) is 15. The lowest BCUT2D eigenvalue weighted by Crippen LogP contribution is -2.24. The first-order valence-corrected chi connectivity index (χ1v) is 35.5. The molecule has 0 bridgehead atoms. The Morgan fingerprint density at radius 1 is 0.345 bits per heavy atom. The van der Waals surface area contributed by atoms with Gasteiger partial charge in [-0.1, -0.05) is 12.8 Å². The predicted octanol–water partition coefficient (Wildman–Crippen LogP) is 1.00. The molecule has 4 atom stereocenters. The summed E-state index contributed by atoms with van der Waals surface area (Å²) >= 11 is 1.63. The molecule has 0 heterocycles. The number of rotatable bonds is 71. The minimum Gasteiger partial charge on any atom is -0.779 e. The van der Waals surface area contributed by atoms with Crippen molar-refractivity contribution < 1.29 is 145 Å². The number of unbranched alkanes of at least 4 members (excludes halogenated alkanes) is 3. The van der Waals surface area contributed by atoms with Crippen LogP contribution in [0.5, 0.6) is 0 Å². The van der Waals surface area contributed by atoms with Crippen LogP contribution in [-0.4, -0.2) is 280 Å². The first-order valence-electron chi connectivity index (χ1n) is 27.7. The number of hydrogen-bond donors (Lipinski definition) is 2. The average Bonchev–Trinajstić information content (AvgIpc) is 3.49. The van der Waals surface area contributed by atoms with Gasteiger partial charge in [-0.25, -0.2) is 4.57 Å². The molecule has 0 aromatic rings. The smallest absolute Gasteiger partial charge is 0.472 e. The number of phosphoric acid groups is 3. The van der Waals surface area contributed by atoms with E-state index in [1.165, 1.54) is 0 Å². The second kappa shape index (κ2) is 61.6. The molecule has 0 aromatic heterocycles. The Kier molecular flexibility index (Phi) is 61.3. The summed E-state index contributed by atoms with van der Waals surface area (Å²) in [6.07, 6.45) is 5.58. The van der Waals surface area contributed by atoms with Crippen molar-refractivity contribution in [2.75, 3.05) is 270 Å². The van der Waals surface area contributed by atoms with Crippen molar-refractivity contribution in [1.29, 1.82) is 0 Å². The fourth-order valence-electron chi connectivity index (χ4n) is 5.63. The van der Waals surface area contributed by atoms with Gasteiger partial charge in [0.15, 0.2) is 0 Å². The summed E-state index contributed by atoms with van der Waals surface area (Å²) in [6, 6.07) is 0. The molecule has 0 saturated carbocycles. The van der Waals surface area contributed by atoms with Gasteiger partial charge in [0.2, 0.25) is 5.91 Å². The molecule has 0 saturated heterocycles. The fraction of sp³-hybridized carbons (Fsp3) is 0.979. The highest BCUT2D eigenvalue weighted by Gasteiger charge is 2.20. The molecule has 0 rings (SSSR count). The van der Waals surface area contributed by atoms with E-state index in [9.17, 15) is 42.6 Å². The standard InChI is InChI=1S/C47H99NO31P4S/c1-80(50,51)73-40-34-67-28-22-61-16-10-58-11-18-63-24-30-69-36-42-76-82(54,55)77-44-38-71-32-26-65-20-14-60-15-21-66-27-33-72-39-45-79-83(56,57)78-43-37-70-31-25-64-19-13-59-12-17-62-23-29-68-35-41-75-81(52,53)74-9-6-4-3-5-8-48-47(49)7-46-84-2/h3-46H2,1-2H3,(H,48,49)(H,50,51)(H,52,53)(H,54,55)(H,56,57)/p-3. The van der Waals surface area contributed by atoms with E-state index in [1.807, 2.05) is 6.26 Å². The van der Waals surface area contributed by atoms with Crippen LogP contribution in [0.15, 0.2) is 0 Å². The predicted molar refractivity (Wildman–Crippen MR) is 297 cm³/mol. The summed E-state index contributed by atoms with van der Waals surface area (Å²) in [5.74, 6) is 0.851. The van der Waals surface area contributed by atoms with Crippen molar-refractivity contribution >= 4 is 48.7 Å². The van der Waals surface area contributed by atoms with E-state index in [0.29, 0.717) is 118 Å². The van der Waals surface area contributed by atoms with Crippen LogP contribution < -0.4 is 20.0 Å². The third-order valence-electron chi connectivity index (χ3n) is 9.59. The first kappa shape index (κ1) is 83.7. The number of hydrogen-bond acceptors (Lipinski definition) is 31. The molecule has 84 heavy (non-hydrogen) atoms. The van der Waals surface area contributed by atoms with E-state index in [0.717, 1.165) is 31.7 Å². The molecule has 504 valence electrons. The Bertz CT molecular complexity index is 1640. The molecular formula is C47H96NO31P4S-3. The van der Waals surface area contributed by atoms with E-state index in [-0.39, 0.29) is 151 Å². The molecular weight excluding hydrogens is 1230 g/mol. The molecule has 0 spiro atoms. The van der Waals surface area contributed by atoms with Crippen molar-refractivity contribution in [1.82, 2.24) is 5.32 Å². The molecule has 4 unspecified atom stereocenters. The Morgan fingerprint density at radius 2 is 0.571 bits per heavy atom. The molecule has 2 N–H and O–H groups in total. The number of nitrogens with one attached hydrogen (secondary N) is 1. The van der Waals surface area contributed by atoms with Crippen LogP contribution in [0, 0.1) is 0 Å². The second-order valence-corrected chi connectivity index (χ2v) is 23.7. The van der Waals surface area contributed by atoms with Gasteiger partial charge in [0, 0.05) is 25.4 Å². The molecule has 0 aliphatic heterocycles. The van der Waals surface area contributed by atoms with Crippen LogP contribution in [0.1, 0.15) is 32.1 Å². The van der Waals surface area contributed by atoms with Gasteiger partial charge in [-0.3, -0.25) is 23.0 Å². The summed E-state index contributed by atoms with van der Waals surface area (Å²) in [5, 5.41) is 2.87. The summed E-state index contributed by atoms with van der Waals surface area (Å²) < 4.78 is 160. The van der Waals surface area contributed by atoms with Crippen LogP contribution >= 0.6 is 42.8 Å². The van der Waals surface area contributed by atoms with E-state index < -0.39 is 31.1 Å². The molecule has 0 radical (unpaired) electrons. The maximum atomic E-state index is 12.0. The molecule has 0 fully saturated rings. The summed E-state index contributed by atoms with van der Waals surface area (Å²) in [7, 11) is -16.9. The average molecular weight is 1330 g/mol.